The highest BCUT2D eigenvalue weighted by atomic mass is 16.6. The zero-order chi connectivity index (χ0) is 29.0. The van der Waals surface area contributed by atoms with Crippen molar-refractivity contribution in [3.8, 4) is 11.5 Å². The molecular weight excluding hydrogens is 524 g/mol. The molecule has 5 rings (SSSR count). The van der Waals surface area contributed by atoms with Crippen molar-refractivity contribution in [2.45, 2.75) is 44.3 Å². The SMILES string of the molecule is CCOc1ccc(C(OC[C@H]2O[C@@H](n3cc(C)c(=O)[nH]c3=O)C[C@@H]2O)(c2ccccc2)c2ccc(OC)cc2)cc1. The van der Waals surface area contributed by atoms with Gasteiger partial charge in [-0.3, -0.25) is 14.3 Å². The summed E-state index contributed by atoms with van der Waals surface area (Å²) in [5.74, 6) is 1.45. The second-order valence-electron chi connectivity index (χ2n) is 9.96. The number of hydrogen-bond donors (Lipinski definition) is 2. The van der Waals surface area contributed by atoms with Crippen LogP contribution in [0.2, 0.25) is 0 Å². The van der Waals surface area contributed by atoms with Crippen molar-refractivity contribution >= 4 is 0 Å². The van der Waals surface area contributed by atoms with Gasteiger partial charge in [0.15, 0.2) is 0 Å². The minimum Gasteiger partial charge on any atom is -0.497 e. The fraction of sp³-hybridized carbons (Fsp3) is 0.312. The summed E-state index contributed by atoms with van der Waals surface area (Å²) in [7, 11) is 1.62. The Bertz CT molecular complexity index is 1570. The summed E-state index contributed by atoms with van der Waals surface area (Å²) in [5, 5.41) is 11.0. The molecule has 3 aromatic carbocycles. The van der Waals surface area contributed by atoms with Gasteiger partial charge < -0.3 is 24.1 Å². The predicted octanol–water partition coefficient (Wildman–Crippen LogP) is 3.91. The maximum absolute atomic E-state index is 12.5. The van der Waals surface area contributed by atoms with Gasteiger partial charge in [-0.15, -0.1) is 0 Å². The Morgan fingerprint density at radius 1 is 0.951 bits per heavy atom. The number of aryl methyl sites for hydroxylation is 1. The van der Waals surface area contributed by atoms with Gasteiger partial charge in [0.05, 0.1) is 26.4 Å². The van der Waals surface area contributed by atoms with E-state index in [1.165, 1.54) is 10.8 Å². The molecule has 4 atom stereocenters. The monoisotopic (exact) mass is 558 g/mol. The first kappa shape index (κ1) is 28.4. The van der Waals surface area contributed by atoms with Crippen LogP contribution in [0.25, 0.3) is 0 Å². The lowest BCUT2D eigenvalue weighted by molar-refractivity contribution is -0.0944. The molecule has 1 saturated heterocycles. The van der Waals surface area contributed by atoms with E-state index in [9.17, 15) is 14.7 Å². The van der Waals surface area contributed by atoms with E-state index in [-0.39, 0.29) is 13.0 Å². The summed E-state index contributed by atoms with van der Waals surface area (Å²) in [6, 6.07) is 25.3. The molecule has 0 amide bonds. The van der Waals surface area contributed by atoms with Crippen LogP contribution >= 0.6 is 0 Å². The minimum atomic E-state index is -1.08. The lowest BCUT2D eigenvalue weighted by atomic mass is 9.80. The number of ether oxygens (including phenoxy) is 4. The van der Waals surface area contributed by atoms with E-state index >= 15 is 0 Å². The first-order valence-corrected chi connectivity index (χ1v) is 13.6. The smallest absolute Gasteiger partial charge is 0.330 e. The van der Waals surface area contributed by atoms with Crippen molar-refractivity contribution in [2.24, 2.45) is 0 Å². The Morgan fingerprint density at radius 2 is 1.56 bits per heavy atom. The molecule has 4 aromatic rings. The summed E-state index contributed by atoms with van der Waals surface area (Å²) >= 11 is 0. The number of aromatic amines is 1. The largest absolute Gasteiger partial charge is 0.497 e. The van der Waals surface area contributed by atoms with E-state index in [0.717, 1.165) is 22.4 Å². The Kier molecular flexibility index (Phi) is 8.39. The van der Waals surface area contributed by atoms with Gasteiger partial charge in [0.1, 0.15) is 29.4 Å². The van der Waals surface area contributed by atoms with Crippen molar-refractivity contribution in [1.82, 2.24) is 9.55 Å². The average molecular weight is 559 g/mol. The van der Waals surface area contributed by atoms with E-state index in [4.69, 9.17) is 18.9 Å². The van der Waals surface area contributed by atoms with Crippen LogP contribution in [0.5, 0.6) is 11.5 Å². The summed E-state index contributed by atoms with van der Waals surface area (Å²) in [5.41, 5.74) is 0.841. The van der Waals surface area contributed by atoms with Gasteiger partial charge in [-0.1, -0.05) is 54.6 Å². The Hall–Kier alpha value is -4.18. The topological polar surface area (TPSA) is 112 Å². The third kappa shape index (κ3) is 5.69. The summed E-state index contributed by atoms with van der Waals surface area (Å²) in [4.78, 5) is 26.6. The number of benzene rings is 3. The number of nitrogens with one attached hydrogen (secondary N) is 1. The lowest BCUT2D eigenvalue weighted by Gasteiger charge is -2.37. The quantitative estimate of drug-likeness (QED) is 0.284. The van der Waals surface area contributed by atoms with Gasteiger partial charge in [0, 0.05) is 18.2 Å². The number of aliphatic hydroxyl groups is 1. The maximum Gasteiger partial charge on any atom is 0.330 e. The third-order valence-corrected chi connectivity index (χ3v) is 7.37. The van der Waals surface area contributed by atoms with Crippen LogP contribution in [0, 0.1) is 6.92 Å². The van der Waals surface area contributed by atoms with Crippen molar-refractivity contribution in [2.75, 3.05) is 20.3 Å². The zero-order valence-electron chi connectivity index (χ0n) is 23.3. The number of nitrogens with zero attached hydrogens (tertiary/aromatic N) is 1. The number of aromatic nitrogens is 2. The molecule has 1 unspecified atom stereocenters. The molecular formula is C32H34N2O7. The molecule has 0 radical (unpaired) electrons. The third-order valence-electron chi connectivity index (χ3n) is 7.37. The van der Waals surface area contributed by atoms with Crippen molar-refractivity contribution in [1.29, 1.82) is 0 Å². The minimum absolute atomic E-state index is 0.0168. The van der Waals surface area contributed by atoms with Gasteiger partial charge in [0.2, 0.25) is 0 Å². The molecule has 2 heterocycles. The van der Waals surface area contributed by atoms with Crippen molar-refractivity contribution < 1.29 is 24.1 Å². The fourth-order valence-corrected chi connectivity index (χ4v) is 5.24. The van der Waals surface area contributed by atoms with Crippen LogP contribution in [0.15, 0.2) is 94.6 Å². The number of H-pyrrole nitrogens is 1. The normalized spacial score (nSPS) is 20.0. The van der Waals surface area contributed by atoms with Crippen LogP contribution in [0.4, 0.5) is 0 Å². The molecule has 1 fully saturated rings. The van der Waals surface area contributed by atoms with Gasteiger partial charge in [-0.25, -0.2) is 4.79 Å². The van der Waals surface area contributed by atoms with Crippen molar-refractivity contribution in [3.05, 3.63) is 128 Å². The van der Waals surface area contributed by atoms with Crippen LogP contribution in [0.3, 0.4) is 0 Å². The molecule has 0 aliphatic carbocycles. The molecule has 0 saturated carbocycles. The molecule has 9 nitrogen and oxygen atoms in total. The zero-order valence-corrected chi connectivity index (χ0v) is 23.3. The standard InChI is InChI=1S/C32H34N2O7/c1-4-39-26-16-12-24(13-17-26)32(22-8-6-5-7-9-22,23-10-14-25(38-3)15-11-23)40-20-28-27(35)18-29(41-28)34-19-21(2)30(36)33-31(34)37/h5-17,19,27-29,35H,4,18,20H2,1-3H3,(H,33,36,37)/t27-,28+,29+,32?/m0/s1. The molecule has 2 N–H and O–H groups in total. The van der Waals surface area contributed by atoms with E-state index in [2.05, 4.69) is 4.98 Å². The number of aliphatic hydroxyl groups excluding tert-OH is 1. The van der Waals surface area contributed by atoms with Crippen LogP contribution in [-0.2, 0) is 15.1 Å². The highest BCUT2D eigenvalue weighted by molar-refractivity contribution is 5.49. The van der Waals surface area contributed by atoms with Crippen LogP contribution < -0.4 is 20.7 Å². The number of hydrogen-bond acceptors (Lipinski definition) is 7. The summed E-state index contributed by atoms with van der Waals surface area (Å²) in [6.45, 7) is 4.11. The highest BCUT2D eigenvalue weighted by Gasteiger charge is 2.42. The second kappa shape index (κ2) is 12.1. The van der Waals surface area contributed by atoms with Gasteiger partial charge in [-0.2, -0.15) is 0 Å². The number of rotatable bonds is 10. The summed E-state index contributed by atoms with van der Waals surface area (Å²) < 4.78 is 25.4. The van der Waals surface area contributed by atoms with Crippen LogP contribution in [0.1, 0.15) is 41.8 Å². The molecule has 41 heavy (non-hydrogen) atoms. The van der Waals surface area contributed by atoms with Gasteiger partial charge in [0.25, 0.3) is 5.56 Å². The molecule has 0 bridgehead atoms. The first-order valence-electron chi connectivity index (χ1n) is 13.6. The molecule has 1 aliphatic rings. The van der Waals surface area contributed by atoms with Crippen molar-refractivity contribution in [3.63, 3.8) is 0 Å². The predicted molar refractivity (Wildman–Crippen MR) is 153 cm³/mol. The van der Waals surface area contributed by atoms with Gasteiger partial charge >= 0.3 is 5.69 Å². The van der Waals surface area contributed by atoms with E-state index in [1.54, 1.807) is 14.0 Å². The van der Waals surface area contributed by atoms with E-state index < -0.39 is 35.3 Å². The summed E-state index contributed by atoms with van der Waals surface area (Å²) in [6.07, 6.45) is -0.761. The van der Waals surface area contributed by atoms with Crippen LogP contribution in [-0.4, -0.2) is 47.2 Å². The lowest BCUT2D eigenvalue weighted by Crippen LogP contribution is -2.38. The van der Waals surface area contributed by atoms with E-state index in [1.807, 2.05) is 85.8 Å². The molecule has 0 spiro atoms. The molecule has 9 heteroatoms. The first-order chi connectivity index (χ1) is 19.8. The Labute approximate surface area is 237 Å². The Morgan fingerprint density at radius 3 is 2.17 bits per heavy atom. The second-order valence-corrected chi connectivity index (χ2v) is 9.96. The van der Waals surface area contributed by atoms with Gasteiger partial charge in [-0.05, 0) is 54.8 Å². The average Bonchev–Trinajstić information content (AvgIpc) is 3.37. The molecule has 1 aromatic heterocycles. The maximum atomic E-state index is 12.5. The highest BCUT2D eigenvalue weighted by Crippen LogP contribution is 2.42. The number of methoxy groups -OCH3 is 1. The Balaban J connectivity index is 1.54. The van der Waals surface area contributed by atoms with E-state index in [0.29, 0.717) is 17.9 Å². The molecule has 214 valence electrons. The molecule has 1 aliphatic heterocycles. The fourth-order valence-electron chi connectivity index (χ4n) is 5.24.